The van der Waals surface area contributed by atoms with Gasteiger partial charge in [0.2, 0.25) is 0 Å². The Bertz CT molecular complexity index is 155. The summed E-state index contributed by atoms with van der Waals surface area (Å²) < 4.78 is 5.28. The quantitative estimate of drug-likeness (QED) is 0.495. The van der Waals surface area contributed by atoms with Crippen molar-refractivity contribution in [1.82, 2.24) is 4.90 Å². The summed E-state index contributed by atoms with van der Waals surface area (Å²) in [6, 6.07) is 0. The SMILES string of the molecule is C=C(C)CSCCN1CCOCC1. The van der Waals surface area contributed by atoms with Crippen LogP contribution in [0.25, 0.3) is 0 Å². The largest absolute Gasteiger partial charge is 0.379 e. The highest BCUT2D eigenvalue weighted by atomic mass is 32.2. The van der Waals surface area contributed by atoms with Crippen molar-refractivity contribution in [2.75, 3.05) is 44.4 Å². The Kier molecular flexibility index (Phi) is 5.51. The molecular formula is C10H19NOS. The second-order valence-corrected chi connectivity index (χ2v) is 4.57. The van der Waals surface area contributed by atoms with Crippen LogP contribution in [-0.2, 0) is 4.74 Å². The monoisotopic (exact) mass is 201 g/mol. The maximum absolute atomic E-state index is 5.28. The lowest BCUT2D eigenvalue weighted by atomic mass is 10.4. The van der Waals surface area contributed by atoms with Gasteiger partial charge in [-0.05, 0) is 6.92 Å². The highest BCUT2D eigenvalue weighted by Gasteiger charge is 2.08. The molecule has 0 amide bonds. The van der Waals surface area contributed by atoms with Crippen LogP contribution in [0.3, 0.4) is 0 Å². The molecule has 0 atom stereocenters. The summed E-state index contributed by atoms with van der Waals surface area (Å²) in [5.41, 5.74) is 1.27. The normalized spacial score (nSPS) is 18.8. The van der Waals surface area contributed by atoms with Crippen LogP contribution < -0.4 is 0 Å². The van der Waals surface area contributed by atoms with E-state index in [1.807, 2.05) is 11.8 Å². The molecule has 1 saturated heterocycles. The Morgan fingerprint density at radius 3 is 2.77 bits per heavy atom. The molecule has 0 aromatic carbocycles. The summed E-state index contributed by atoms with van der Waals surface area (Å²) in [5.74, 6) is 2.32. The predicted molar refractivity (Wildman–Crippen MR) is 59.4 cm³/mol. The Hall–Kier alpha value is 0.01000. The lowest BCUT2D eigenvalue weighted by molar-refractivity contribution is 0.0410. The highest BCUT2D eigenvalue weighted by molar-refractivity contribution is 7.99. The van der Waals surface area contributed by atoms with Gasteiger partial charge in [0.05, 0.1) is 13.2 Å². The second kappa shape index (κ2) is 6.46. The molecule has 0 bridgehead atoms. The van der Waals surface area contributed by atoms with Crippen LogP contribution in [0.5, 0.6) is 0 Å². The van der Waals surface area contributed by atoms with Crippen molar-refractivity contribution in [2.45, 2.75) is 6.92 Å². The molecular weight excluding hydrogens is 182 g/mol. The minimum atomic E-state index is 0.908. The molecule has 1 aliphatic heterocycles. The molecule has 1 fully saturated rings. The Balaban J connectivity index is 1.95. The fourth-order valence-corrected chi connectivity index (χ4v) is 2.14. The van der Waals surface area contributed by atoms with Crippen molar-refractivity contribution < 1.29 is 4.74 Å². The minimum Gasteiger partial charge on any atom is -0.379 e. The van der Waals surface area contributed by atoms with Crippen molar-refractivity contribution >= 4 is 11.8 Å². The van der Waals surface area contributed by atoms with E-state index in [0.29, 0.717) is 0 Å². The van der Waals surface area contributed by atoms with E-state index in [4.69, 9.17) is 4.74 Å². The molecule has 1 aliphatic rings. The van der Waals surface area contributed by atoms with Crippen LogP contribution in [0.15, 0.2) is 12.2 Å². The summed E-state index contributed by atoms with van der Waals surface area (Å²) in [7, 11) is 0. The van der Waals surface area contributed by atoms with E-state index in [0.717, 1.165) is 32.1 Å². The van der Waals surface area contributed by atoms with E-state index in [1.165, 1.54) is 17.9 Å². The number of nitrogens with zero attached hydrogens (tertiary/aromatic N) is 1. The average Bonchev–Trinajstić information content (AvgIpc) is 2.14. The molecule has 3 heteroatoms. The van der Waals surface area contributed by atoms with Gasteiger partial charge in [-0.1, -0.05) is 12.2 Å². The van der Waals surface area contributed by atoms with Gasteiger partial charge in [-0.15, -0.1) is 0 Å². The molecule has 0 aromatic rings. The van der Waals surface area contributed by atoms with E-state index < -0.39 is 0 Å². The van der Waals surface area contributed by atoms with Crippen molar-refractivity contribution in [3.05, 3.63) is 12.2 Å². The topological polar surface area (TPSA) is 12.5 Å². The van der Waals surface area contributed by atoms with Crippen LogP contribution in [0.2, 0.25) is 0 Å². The number of hydrogen-bond donors (Lipinski definition) is 0. The molecule has 0 aliphatic carbocycles. The van der Waals surface area contributed by atoms with Gasteiger partial charge in [-0.25, -0.2) is 0 Å². The third-order valence-electron chi connectivity index (χ3n) is 2.00. The number of thioether (sulfide) groups is 1. The van der Waals surface area contributed by atoms with Gasteiger partial charge in [0.15, 0.2) is 0 Å². The summed E-state index contributed by atoms with van der Waals surface area (Å²) in [4.78, 5) is 2.47. The Morgan fingerprint density at radius 2 is 2.15 bits per heavy atom. The van der Waals surface area contributed by atoms with Crippen LogP contribution in [0, 0.1) is 0 Å². The van der Waals surface area contributed by atoms with Crippen molar-refractivity contribution in [3.63, 3.8) is 0 Å². The van der Waals surface area contributed by atoms with Crippen molar-refractivity contribution in [1.29, 1.82) is 0 Å². The van der Waals surface area contributed by atoms with Crippen LogP contribution in [-0.4, -0.2) is 49.3 Å². The summed E-state index contributed by atoms with van der Waals surface area (Å²) in [5, 5.41) is 0. The van der Waals surface area contributed by atoms with Gasteiger partial charge in [0.25, 0.3) is 0 Å². The molecule has 1 heterocycles. The molecule has 0 aromatic heterocycles. The minimum absolute atomic E-state index is 0.908. The third-order valence-corrected chi connectivity index (χ3v) is 3.17. The molecule has 0 spiro atoms. The van der Waals surface area contributed by atoms with E-state index in [-0.39, 0.29) is 0 Å². The highest BCUT2D eigenvalue weighted by Crippen LogP contribution is 2.06. The molecule has 1 rings (SSSR count). The Labute approximate surface area is 85.3 Å². The van der Waals surface area contributed by atoms with Crippen LogP contribution >= 0.6 is 11.8 Å². The Morgan fingerprint density at radius 1 is 1.46 bits per heavy atom. The molecule has 13 heavy (non-hydrogen) atoms. The number of rotatable bonds is 5. The zero-order valence-electron chi connectivity index (χ0n) is 8.42. The lowest BCUT2D eigenvalue weighted by Gasteiger charge is -2.26. The van der Waals surface area contributed by atoms with E-state index >= 15 is 0 Å². The van der Waals surface area contributed by atoms with Gasteiger partial charge >= 0.3 is 0 Å². The zero-order chi connectivity index (χ0) is 9.52. The number of hydrogen-bond acceptors (Lipinski definition) is 3. The number of morpholine rings is 1. The van der Waals surface area contributed by atoms with E-state index in [2.05, 4.69) is 18.4 Å². The molecule has 0 N–H and O–H groups in total. The third kappa shape index (κ3) is 5.34. The predicted octanol–water partition coefficient (Wildman–Crippen LogP) is 1.63. The zero-order valence-corrected chi connectivity index (χ0v) is 9.24. The van der Waals surface area contributed by atoms with Crippen LogP contribution in [0.1, 0.15) is 6.92 Å². The first-order valence-electron chi connectivity index (χ1n) is 4.81. The van der Waals surface area contributed by atoms with Crippen molar-refractivity contribution in [2.24, 2.45) is 0 Å². The molecule has 0 radical (unpaired) electrons. The molecule has 0 unspecified atom stereocenters. The van der Waals surface area contributed by atoms with Gasteiger partial charge < -0.3 is 4.74 Å². The van der Waals surface area contributed by atoms with Gasteiger partial charge in [0, 0.05) is 31.1 Å². The van der Waals surface area contributed by atoms with Gasteiger partial charge in [0.1, 0.15) is 0 Å². The summed E-state index contributed by atoms with van der Waals surface area (Å²) in [6.07, 6.45) is 0. The standard InChI is InChI=1S/C10H19NOS/c1-10(2)9-13-8-5-11-3-6-12-7-4-11/h1,3-9H2,2H3. The first-order valence-corrected chi connectivity index (χ1v) is 5.97. The molecule has 2 nitrogen and oxygen atoms in total. The first kappa shape index (κ1) is 11.1. The smallest absolute Gasteiger partial charge is 0.0594 e. The maximum atomic E-state index is 5.28. The lowest BCUT2D eigenvalue weighted by Crippen LogP contribution is -2.37. The first-order chi connectivity index (χ1) is 6.29. The van der Waals surface area contributed by atoms with Crippen LogP contribution in [0.4, 0.5) is 0 Å². The number of ether oxygens (including phenoxy) is 1. The molecule has 76 valence electrons. The van der Waals surface area contributed by atoms with E-state index in [1.54, 1.807) is 0 Å². The maximum Gasteiger partial charge on any atom is 0.0594 e. The summed E-state index contributed by atoms with van der Waals surface area (Å²) in [6.45, 7) is 11.2. The van der Waals surface area contributed by atoms with Crippen molar-refractivity contribution in [3.8, 4) is 0 Å². The molecule has 0 saturated carbocycles. The van der Waals surface area contributed by atoms with Gasteiger partial charge in [-0.3, -0.25) is 4.90 Å². The van der Waals surface area contributed by atoms with E-state index in [9.17, 15) is 0 Å². The second-order valence-electron chi connectivity index (χ2n) is 3.46. The fourth-order valence-electron chi connectivity index (χ4n) is 1.26. The summed E-state index contributed by atoms with van der Waals surface area (Å²) >= 11 is 1.97. The fraction of sp³-hybridized carbons (Fsp3) is 0.800. The van der Waals surface area contributed by atoms with Gasteiger partial charge in [-0.2, -0.15) is 11.8 Å². The average molecular weight is 201 g/mol.